The molecule has 0 aliphatic carbocycles. The van der Waals surface area contributed by atoms with Crippen LogP contribution < -0.4 is 4.90 Å². The molecule has 108 valence electrons. The Balaban J connectivity index is 1.90. The number of aryl methyl sites for hydroxylation is 1. The van der Waals surface area contributed by atoms with Crippen molar-refractivity contribution in [1.82, 2.24) is 20.1 Å². The molecular weight excluding hydrogens is 266 g/mol. The Hall–Kier alpha value is -2.50. The van der Waals surface area contributed by atoms with Gasteiger partial charge in [0, 0.05) is 37.9 Å². The minimum atomic E-state index is -0.0216. The lowest BCUT2D eigenvalue weighted by Gasteiger charge is -2.20. The summed E-state index contributed by atoms with van der Waals surface area (Å²) < 4.78 is 0. The zero-order valence-electron chi connectivity index (χ0n) is 12.2. The van der Waals surface area contributed by atoms with Gasteiger partial charge in [0.05, 0.1) is 18.0 Å². The minimum Gasteiger partial charge on any atom is -0.358 e. The molecule has 0 radical (unpaired) electrons. The van der Waals surface area contributed by atoms with Crippen LogP contribution in [0, 0.1) is 6.92 Å². The van der Waals surface area contributed by atoms with E-state index in [9.17, 15) is 4.79 Å². The van der Waals surface area contributed by atoms with Crippen molar-refractivity contribution in [2.24, 2.45) is 0 Å². The summed E-state index contributed by atoms with van der Waals surface area (Å²) in [4.78, 5) is 21.1. The van der Waals surface area contributed by atoms with E-state index in [0.717, 1.165) is 23.6 Å². The normalized spacial score (nSPS) is 14.6. The Morgan fingerprint density at radius 1 is 1.19 bits per heavy atom. The number of pyridine rings is 1. The Bertz CT molecular complexity index is 658. The molecule has 1 amide bonds. The molecule has 0 bridgehead atoms. The fraction of sp³-hybridized carbons (Fsp3) is 0.333. The zero-order valence-corrected chi connectivity index (χ0v) is 12.2. The highest BCUT2D eigenvalue weighted by Crippen LogP contribution is 2.23. The Kier molecular flexibility index (Phi) is 3.51. The van der Waals surface area contributed by atoms with E-state index in [1.54, 1.807) is 6.07 Å². The van der Waals surface area contributed by atoms with Crippen LogP contribution in [0.15, 0.2) is 30.6 Å². The van der Waals surface area contributed by atoms with Crippen molar-refractivity contribution in [2.75, 3.05) is 25.0 Å². The molecule has 2 aromatic heterocycles. The average Bonchev–Trinajstić information content (AvgIpc) is 2.67. The highest BCUT2D eigenvalue weighted by molar-refractivity contribution is 5.93. The second kappa shape index (κ2) is 5.47. The molecule has 0 saturated heterocycles. The molecule has 0 unspecified atom stereocenters. The molecule has 6 heteroatoms. The van der Waals surface area contributed by atoms with Gasteiger partial charge in [-0.3, -0.25) is 4.79 Å². The van der Waals surface area contributed by atoms with Crippen LogP contribution in [-0.4, -0.2) is 46.1 Å². The number of carbonyl (C=O) groups is 1. The largest absolute Gasteiger partial charge is 0.358 e. The van der Waals surface area contributed by atoms with Crippen molar-refractivity contribution in [2.45, 2.75) is 13.5 Å². The van der Waals surface area contributed by atoms with E-state index in [4.69, 9.17) is 0 Å². The maximum atomic E-state index is 12.6. The van der Waals surface area contributed by atoms with Crippen molar-refractivity contribution in [3.8, 4) is 0 Å². The topological polar surface area (TPSA) is 62.2 Å². The maximum Gasteiger partial charge on any atom is 0.255 e. The fourth-order valence-corrected chi connectivity index (χ4v) is 2.46. The minimum absolute atomic E-state index is 0.0216. The molecule has 0 aromatic carbocycles. The van der Waals surface area contributed by atoms with Crippen LogP contribution in [0.25, 0.3) is 0 Å². The summed E-state index contributed by atoms with van der Waals surface area (Å²) in [7, 11) is 2.01. The lowest BCUT2D eigenvalue weighted by atomic mass is 10.2. The number of aromatic nitrogens is 3. The summed E-state index contributed by atoms with van der Waals surface area (Å²) in [5, 5.41) is 7.48. The lowest BCUT2D eigenvalue weighted by Crippen LogP contribution is -2.34. The summed E-state index contributed by atoms with van der Waals surface area (Å²) >= 11 is 0. The van der Waals surface area contributed by atoms with Crippen LogP contribution in [0.5, 0.6) is 0 Å². The monoisotopic (exact) mass is 283 g/mol. The Morgan fingerprint density at radius 3 is 2.81 bits per heavy atom. The van der Waals surface area contributed by atoms with Crippen LogP contribution in [0.2, 0.25) is 0 Å². The third-order valence-electron chi connectivity index (χ3n) is 3.64. The van der Waals surface area contributed by atoms with Crippen molar-refractivity contribution in [3.05, 3.63) is 47.4 Å². The van der Waals surface area contributed by atoms with E-state index >= 15 is 0 Å². The van der Waals surface area contributed by atoms with Crippen LogP contribution in [0.3, 0.4) is 0 Å². The third-order valence-corrected chi connectivity index (χ3v) is 3.64. The number of anilines is 1. The fourth-order valence-electron chi connectivity index (χ4n) is 2.46. The highest BCUT2D eigenvalue weighted by atomic mass is 16.2. The standard InChI is InChI=1S/C15H17N5O/c1-11-3-4-13-10-20(8-7-19(2)14(13)18-11)15(21)12-5-6-16-17-9-12/h3-6,9H,7-8,10H2,1-2H3. The van der Waals surface area contributed by atoms with Crippen LogP contribution in [0.1, 0.15) is 21.6 Å². The van der Waals surface area contributed by atoms with E-state index in [-0.39, 0.29) is 5.91 Å². The number of likely N-dealkylation sites (N-methyl/N-ethyl adjacent to an activating group) is 1. The van der Waals surface area contributed by atoms with Gasteiger partial charge in [-0.05, 0) is 19.1 Å². The van der Waals surface area contributed by atoms with E-state index in [1.165, 1.54) is 12.4 Å². The summed E-state index contributed by atoms with van der Waals surface area (Å²) in [6.07, 6.45) is 3.04. The third kappa shape index (κ3) is 2.69. The lowest BCUT2D eigenvalue weighted by molar-refractivity contribution is 0.0751. The molecule has 0 atom stereocenters. The molecule has 0 saturated carbocycles. The predicted octanol–water partition coefficient (Wildman–Crippen LogP) is 1.27. The van der Waals surface area contributed by atoms with Gasteiger partial charge in [0.1, 0.15) is 5.82 Å². The molecule has 6 nitrogen and oxygen atoms in total. The quantitative estimate of drug-likeness (QED) is 0.788. The summed E-state index contributed by atoms with van der Waals surface area (Å²) in [6.45, 7) is 3.96. The van der Waals surface area contributed by atoms with Gasteiger partial charge in [0.2, 0.25) is 0 Å². The molecule has 3 rings (SSSR count). The first-order valence-corrected chi connectivity index (χ1v) is 6.89. The van der Waals surface area contributed by atoms with Crippen LogP contribution in [0.4, 0.5) is 5.82 Å². The number of amides is 1. The van der Waals surface area contributed by atoms with E-state index in [2.05, 4.69) is 20.1 Å². The molecule has 3 heterocycles. The molecular formula is C15H17N5O. The molecule has 0 fully saturated rings. The first kappa shape index (κ1) is 13.5. The predicted molar refractivity (Wildman–Crippen MR) is 79.0 cm³/mol. The van der Waals surface area contributed by atoms with Gasteiger partial charge < -0.3 is 9.80 Å². The van der Waals surface area contributed by atoms with Crippen molar-refractivity contribution in [1.29, 1.82) is 0 Å². The molecule has 0 N–H and O–H groups in total. The summed E-state index contributed by atoms with van der Waals surface area (Å²) in [6, 6.07) is 5.72. The molecule has 2 aromatic rings. The van der Waals surface area contributed by atoms with Crippen molar-refractivity contribution in [3.63, 3.8) is 0 Å². The van der Waals surface area contributed by atoms with Crippen molar-refractivity contribution >= 4 is 11.7 Å². The number of nitrogens with zero attached hydrogens (tertiary/aromatic N) is 5. The van der Waals surface area contributed by atoms with Gasteiger partial charge in [0.15, 0.2) is 0 Å². The second-order valence-corrected chi connectivity index (χ2v) is 5.21. The Morgan fingerprint density at radius 2 is 2.05 bits per heavy atom. The van der Waals surface area contributed by atoms with E-state index < -0.39 is 0 Å². The second-order valence-electron chi connectivity index (χ2n) is 5.21. The van der Waals surface area contributed by atoms with Gasteiger partial charge in [-0.1, -0.05) is 6.07 Å². The summed E-state index contributed by atoms with van der Waals surface area (Å²) in [5.41, 5.74) is 2.62. The molecule has 21 heavy (non-hydrogen) atoms. The SMILES string of the molecule is Cc1ccc2c(n1)N(C)CCN(C(=O)c1ccnnc1)C2. The zero-order chi connectivity index (χ0) is 14.8. The van der Waals surface area contributed by atoms with E-state index in [0.29, 0.717) is 18.7 Å². The van der Waals surface area contributed by atoms with Gasteiger partial charge in [0.25, 0.3) is 5.91 Å². The first-order valence-electron chi connectivity index (χ1n) is 6.89. The molecule has 1 aliphatic heterocycles. The van der Waals surface area contributed by atoms with Crippen LogP contribution >= 0.6 is 0 Å². The molecule has 0 spiro atoms. The number of hydrogen-bond acceptors (Lipinski definition) is 5. The highest BCUT2D eigenvalue weighted by Gasteiger charge is 2.23. The smallest absolute Gasteiger partial charge is 0.255 e. The van der Waals surface area contributed by atoms with Gasteiger partial charge in [-0.25, -0.2) is 4.98 Å². The number of carbonyl (C=O) groups excluding carboxylic acids is 1. The van der Waals surface area contributed by atoms with E-state index in [1.807, 2.05) is 31.0 Å². The maximum absolute atomic E-state index is 12.6. The molecule has 1 aliphatic rings. The number of fused-ring (bicyclic) bond motifs is 1. The number of rotatable bonds is 1. The van der Waals surface area contributed by atoms with Gasteiger partial charge in [-0.2, -0.15) is 10.2 Å². The van der Waals surface area contributed by atoms with Crippen LogP contribution in [-0.2, 0) is 6.54 Å². The Labute approximate surface area is 123 Å². The van der Waals surface area contributed by atoms with Gasteiger partial charge >= 0.3 is 0 Å². The van der Waals surface area contributed by atoms with Gasteiger partial charge in [-0.15, -0.1) is 0 Å². The first-order chi connectivity index (χ1) is 10.1. The average molecular weight is 283 g/mol. The number of hydrogen-bond donors (Lipinski definition) is 0. The van der Waals surface area contributed by atoms with Crippen molar-refractivity contribution < 1.29 is 4.79 Å². The summed E-state index contributed by atoms with van der Waals surface area (Å²) in [5.74, 6) is 0.935.